The van der Waals surface area contributed by atoms with Gasteiger partial charge in [-0.1, -0.05) is 120 Å². The normalized spacial score (nSPS) is 11.6. The zero-order valence-corrected chi connectivity index (χ0v) is 39.0. The van der Waals surface area contributed by atoms with Gasteiger partial charge in [0.05, 0.1) is 11.0 Å². The molecule has 0 aliphatic carbocycles. The summed E-state index contributed by atoms with van der Waals surface area (Å²) in [5.41, 5.74) is 20.9. The Balaban J connectivity index is 0.00000469. The van der Waals surface area contributed by atoms with E-state index in [4.69, 9.17) is 15.0 Å². The molecule has 0 saturated carbocycles. The second-order valence-corrected chi connectivity index (χ2v) is 17.2. The molecule has 4 aromatic heterocycles. The van der Waals surface area contributed by atoms with Crippen LogP contribution in [0, 0.1) is 40.7 Å². The number of rotatable bonds is 6. The number of nitrogens with zero attached hydrogens (tertiary/aromatic N) is 5. The predicted octanol–water partition coefficient (Wildman–Crippen LogP) is 14.8. The van der Waals surface area contributed by atoms with Crippen molar-refractivity contribution >= 4 is 54.6 Å². The Morgan fingerprint density at radius 3 is 1.97 bits per heavy atom. The van der Waals surface area contributed by atoms with Crippen LogP contribution >= 0.6 is 0 Å². The fourth-order valence-corrected chi connectivity index (χ4v) is 10.3. The van der Waals surface area contributed by atoms with Crippen molar-refractivity contribution in [3.63, 3.8) is 0 Å². The van der Waals surface area contributed by atoms with Gasteiger partial charge in [-0.3, -0.25) is 4.57 Å². The molecule has 314 valence electrons. The van der Waals surface area contributed by atoms with E-state index in [0.29, 0.717) is 0 Å². The maximum atomic E-state index is 5.59. The summed E-state index contributed by atoms with van der Waals surface area (Å²) < 4.78 is 4.61. The Bertz CT molecular complexity index is 3810. The number of hydrogen-bond acceptors (Lipinski definition) is 2. The summed E-state index contributed by atoms with van der Waals surface area (Å²) in [6.45, 7) is 11.0. The zero-order chi connectivity index (χ0) is 43.2. The van der Waals surface area contributed by atoms with Crippen LogP contribution < -0.4 is 4.98 Å². The minimum Gasteiger partial charge on any atom is -0.656 e. The number of para-hydroxylation sites is 4. The van der Waals surface area contributed by atoms with Crippen LogP contribution in [-0.4, -0.2) is 19.1 Å². The van der Waals surface area contributed by atoms with Gasteiger partial charge in [0.1, 0.15) is 11.6 Å². The van der Waals surface area contributed by atoms with E-state index in [9.17, 15) is 0 Å². The molecule has 12 rings (SSSR count). The van der Waals surface area contributed by atoms with E-state index in [1.54, 1.807) is 0 Å². The molecule has 0 fully saturated rings. The fraction of sp³-hybridized carbons (Fsp3) is 0.0847. The second kappa shape index (κ2) is 15.7. The molecule has 0 radical (unpaired) electrons. The molecule has 4 heterocycles. The van der Waals surface area contributed by atoms with Crippen molar-refractivity contribution in [3.8, 4) is 56.3 Å². The number of hydrogen-bond donors (Lipinski definition) is 0. The van der Waals surface area contributed by atoms with Gasteiger partial charge < -0.3 is 9.55 Å². The SMILES string of the molecule is Cc1ccnc(-n2c3[c-]c(-c4cccc5c4nc(-c4cccc6c4[n-]c4ccccc46)n5-c4ccccc4)ccc3c3c(-c4c(C)cccc4C)cc(-c4c(C)cccc4C)cc32)c1.[Pt+2]. The maximum absolute atomic E-state index is 5.59. The van der Waals surface area contributed by atoms with Gasteiger partial charge in [-0.05, 0) is 149 Å². The van der Waals surface area contributed by atoms with E-state index < -0.39 is 0 Å². The van der Waals surface area contributed by atoms with Gasteiger partial charge in [0.2, 0.25) is 0 Å². The molecule has 0 unspecified atom stereocenters. The van der Waals surface area contributed by atoms with Gasteiger partial charge in [0.25, 0.3) is 0 Å². The van der Waals surface area contributed by atoms with Crippen LogP contribution in [-0.2, 0) is 21.1 Å². The van der Waals surface area contributed by atoms with Crippen molar-refractivity contribution in [1.29, 1.82) is 0 Å². The first kappa shape index (κ1) is 40.4. The van der Waals surface area contributed by atoms with Crippen molar-refractivity contribution < 1.29 is 21.1 Å². The predicted molar refractivity (Wildman–Crippen MR) is 266 cm³/mol. The van der Waals surface area contributed by atoms with E-state index in [1.165, 1.54) is 49.9 Å². The van der Waals surface area contributed by atoms with Gasteiger partial charge in [-0.25, -0.2) is 9.97 Å². The number of aryl methyl sites for hydroxylation is 5. The molecule has 0 aliphatic heterocycles. The van der Waals surface area contributed by atoms with E-state index in [-0.39, 0.29) is 21.1 Å². The minimum absolute atomic E-state index is 0. The summed E-state index contributed by atoms with van der Waals surface area (Å²) in [6.07, 6.45) is 1.91. The number of fused-ring (bicyclic) bond motifs is 7. The molecule has 0 amide bonds. The molecular weight excluding hydrogens is 974 g/mol. The summed E-state index contributed by atoms with van der Waals surface area (Å²) >= 11 is 0. The molecule has 8 aromatic carbocycles. The first-order valence-corrected chi connectivity index (χ1v) is 21.9. The molecule has 0 aliphatic rings. The van der Waals surface area contributed by atoms with Crippen LogP contribution in [0.25, 0.3) is 111 Å². The molecule has 6 heteroatoms. The van der Waals surface area contributed by atoms with Gasteiger partial charge in [-0.15, -0.1) is 34.8 Å². The summed E-state index contributed by atoms with van der Waals surface area (Å²) in [5.74, 6) is 1.70. The van der Waals surface area contributed by atoms with Crippen LogP contribution in [0.3, 0.4) is 0 Å². The Labute approximate surface area is 392 Å². The molecule has 0 bridgehead atoms. The molecule has 0 N–H and O–H groups in total. The van der Waals surface area contributed by atoms with Crippen molar-refractivity contribution in [2.45, 2.75) is 34.6 Å². The Kier molecular flexibility index (Phi) is 9.79. The first-order chi connectivity index (χ1) is 31.3. The van der Waals surface area contributed by atoms with Crippen LogP contribution in [0.5, 0.6) is 0 Å². The van der Waals surface area contributed by atoms with Crippen molar-refractivity contribution in [2.75, 3.05) is 0 Å². The summed E-state index contributed by atoms with van der Waals surface area (Å²) in [7, 11) is 0. The maximum Gasteiger partial charge on any atom is 2.00 e. The van der Waals surface area contributed by atoms with Gasteiger partial charge in [-0.2, -0.15) is 0 Å². The third-order valence-corrected chi connectivity index (χ3v) is 13.1. The summed E-state index contributed by atoms with van der Waals surface area (Å²) in [5, 5.41) is 4.57. The van der Waals surface area contributed by atoms with Crippen LogP contribution in [0.2, 0.25) is 0 Å². The van der Waals surface area contributed by atoms with Gasteiger partial charge in [0.15, 0.2) is 0 Å². The molecule has 12 aromatic rings. The Morgan fingerprint density at radius 2 is 1.20 bits per heavy atom. The van der Waals surface area contributed by atoms with Crippen LogP contribution in [0.1, 0.15) is 27.8 Å². The third-order valence-electron chi connectivity index (χ3n) is 13.1. The van der Waals surface area contributed by atoms with Gasteiger partial charge >= 0.3 is 21.1 Å². The topological polar surface area (TPSA) is 49.7 Å². The quantitative estimate of drug-likeness (QED) is 0.156. The summed E-state index contributed by atoms with van der Waals surface area (Å²) in [4.78, 5) is 15.8. The van der Waals surface area contributed by atoms with Crippen molar-refractivity contribution in [1.82, 2.24) is 24.1 Å². The zero-order valence-electron chi connectivity index (χ0n) is 36.7. The van der Waals surface area contributed by atoms with Crippen LogP contribution in [0.15, 0.2) is 170 Å². The Hall–Kier alpha value is -7.33. The molecule has 0 spiro atoms. The number of pyridine rings is 1. The smallest absolute Gasteiger partial charge is 0.656 e. The standard InChI is InChI=1S/C59H43N5.Pt/c1-35-29-30-60-53(31-35)64-51-33-40(27-28-46(51)56-48(55-38(4)17-12-18-39(55)5)32-41(34-52(56)64)54-36(2)15-11-16-37(54)3)43-22-14-26-50-58(43)62-59(63(50)42-19-7-6-8-20-42)47-24-13-23-45-44-21-9-10-25-49(44)61-57(45)47;/h6-32,34H,1-5H3;/q-2;+2. The number of imidazole rings is 1. The molecule has 5 nitrogen and oxygen atoms in total. The van der Waals surface area contributed by atoms with Crippen molar-refractivity contribution in [3.05, 3.63) is 204 Å². The van der Waals surface area contributed by atoms with Crippen LogP contribution in [0.4, 0.5) is 0 Å². The van der Waals surface area contributed by atoms with E-state index in [1.807, 2.05) is 6.20 Å². The molecule has 65 heavy (non-hydrogen) atoms. The summed E-state index contributed by atoms with van der Waals surface area (Å²) in [6, 6.07) is 62.6. The molecular formula is C59H43N5Pt. The van der Waals surface area contributed by atoms with E-state index in [2.05, 4.69) is 214 Å². The average Bonchev–Trinajstić information content (AvgIpc) is 3.99. The average molecular weight is 1020 g/mol. The van der Waals surface area contributed by atoms with Crippen molar-refractivity contribution in [2.24, 2.45) is 0 Å². The Morgan fingerprint density at radius 1 is 0.523 bits per heavy atom. The second-order valence-electron chi connectivity index (χ2n) is 17.2. The fourth-order valence-electron chi connectivity index (χ4n) is 10.3. The van der Waals surface area contributed by atoms with E-state index in [0.717, 1.165) is 88.8 Å². The van der Waals surface area contributed by atoms with E-state index >= 15 is 0 Å². The number of aromatic nitrogens is 5. The number of benzene rings is 8. The first-order valence-electron chi connectivity index (χ1n) is 21.9. The monoisotopic (exact) mass is 1020 g/mol. The molecule has 0 atom stereocenters. The van der Waals surface area contributed by atoms with Gasteiger partial charge in [0, 0.05) is 23.0 Å². The largest absolute Gasteiger partial charge is 2.00 e. The molecule has 0 saturated heterocycles. The third kappa shape index (κ3) is 6.40. The minimum atomic E-state index is 0.